The van der Waals surface area contributed by atoms with E-state index in [-0.39, 0.29) is 6.10 Å². The minimum atomic E-state index is 0.271. The van der Waals surface area contributed by atoms with Crippen LogP contribution in [0.3, 0.4) is 0 Å². The van der Waals surface area contributed by atoms with Gasteiger partial charge in [-0.1, -0.05) is 47.1 Å². The molecular weight excluding hydrogens is 362 g/mol. The van der Waals surface area contributed by atoms with Gasteiger partial charge in [0.25, 0.3) is 0 Å². The number of benzene rings is 2. The maximum absolute atomic E-state index is 5.95. The van der Waals surface area contributed by atoms with E-state index >= 15 is 0 Å². The predicted octanol–water partition coefficient (Wildman–Crippen LogP) is 4.57. The fraction of sp³-hybridized carbons (Fsp3) is 0.333. The van der Waals surface area contributed by atoms with Gasteiger partial charge in [0, 0.05) is 30.3 Å². The standard InChI is InChI=1S/C21H22ClN3O2/c22-18-10-8-17(9-11-18)21-23-20(27-24-21)15-25(14-19-7-4-12-26-19)13-16-5-2-1-3-6-16/h1-3,5-6,8-11,19H,4,7,12-15H2. The van der Waals surface area contributed by atoms with Gasteiger partial charge in [-0.25, -0.2) is 0 Å². The van der Waals surface area contributed by atoms with Crippen LogP contribution in [0.2, 0.25) is 5.02 Å². The maximum Gasteiger partial charge on any atom is 0.241 e. The highest BCUT2D eigenvalue weighted by molar-refractivity contribution is 6.30. The lowest BCUT2D eigenvalue weighted by Gasteiger charge is -2.23. The predicted molar refractivity (Wildman–Crippen MR) is 104 cm³/mol. The molecule has 0 amide bonds. The van der Waals surface area contributed by atoms with Crippen LogP contribution >= 0.6 is 11.6 Å². The van der Waals surface area contributed by atoms with Crippen LogP contribution in [0.5, 0.6) is 0 Å². The number of nitrogens with zero attached hydrogens (tertiary/aromatic N) is 3. The molecule has 2 aromatic carbocycles. The van der Waals surface area contributed by atoms with Gasteiger partial charge in [0.05, 0.1) is 12.6 Å². The molecule has 1 saturated heterocycles. The lowest BCUT2D eigenvalue weighted by atomic mass is 10.2. The smallest absolute Gasteiger partial charge is 0.241 e. The average molecular weight is 384 g/mol. The summed E-state index contributed by atoms with van der Waals surface area (Å²) >= 11 is 5.95. The van der Waals surface area contributed by atoms with Crippen LogP contribution in [-0.2, 0) is 17.8 Å². The zero-order valence-corrected chi connectivity index (χ0v) is 15.8. The molecule has 140 valence electrons. The zero-order valence-electron chi connectivity index (χ0n) is 15.1. The number of ether oxygens (including phenoxy) is 1. The highest BCUT2D eigenvalue weighted by Crippen LogP contribution is 2.20. The first kappa shape index (κ1) is 18.2. The van der Waals surface area contributed by atoms with Gasteiger partial charge in [0.2, 0.25) is 11.7 Å². The SMILES string of the molecule is Clc1ccc(-c2noc(CN(Cc3ccccc3)CC3CCCO3)n2)cc1. The van der Waals surface area contributed by atoms with E-state index in [4.69, 9.17) is 20.9 Å². The Morgan fingerprint density at radius 2 is 1.85 bits per heavy atom. The largest absolute Gasteiger partial charge is 0.377 e. The van der Waals surface area contributed by atoms with Crippen molar-refractivity contribution in [3.63, 3.8) is 0 Å². The lowest BCUT2D eigenvalue weighted by molar-refractivity contribution is 0.0640. The molecule has 1 aliphatic rings. The molecule has 0 N–H and O–H groups in total. The van der Waals surface area contributed by atoms with Gasteiger partial charge < -0.3 is 9.26 Å². The number of rotatable bonds is 7. The van der Waals surface area contributed by atoms with Gasteiger partial charge in [-0.15, -0.1) is 0 Å². The molecule has 27 heavy (non-hydrogen) atoms. The van der Waals surface area contributed by atoms with E-state index in [2.05, 4.69) is 39.3 Å². The molecule has 0 spiro atoms. The second-order valence-corrected chi connectivity index (χ2v) is 7.25. The van der Waals surface area contributed by atoms with Crippen molar-refractivity contribution in [2.45, 2.75) is 32.0 Å². The van der Waals surface area contributed by atoms with Crippen molar-refractivity contribution < 1.29 is 9.26 Å². The third-order valence-electron chi connectivity index (χ3n) is 4.66. The van der Waals surface area contributed by atoms with E-state index in [0.29, 0.717) is 23.3 Å². The third-order valence-corrected chi connectivity index (χ3v) is 4.92. The first-order chi connectivity index (χ1) is 13.3. The molecule has 0 aliphatic carbocycles. The van der Waals surface area contributed by atoms with Crippen molar-refractivity contribution in [3.8, 4) is 11.4 Å². The van der Waals surface area contributed by atoms with Crippen LogP contribution in [-0.4, -0.2) is 34.3 Å². The summed E-state index contributed by atoms with van der Waals surface area (Å²) in [6.45, 7) is 3.12. The van der Waals surface area contributed by atoms with E-state index in [1.54, 1.807) is 0 Å². The van der Waals surface area contributed by atoms with Crippen LogP contribution in [0.4, 0.5) is 0 Å². The van der Waals surface area contributed by atoms with Gasteiger partial charge in [-0.3, -0.25) is 4.90 Å². The molecule has 1 fully saturated rings. The van der Waals surface area contributed by atoms with Gasteiger partial charge in [-0.2, -0.15) is 4.98 Å². The van der Waals surface area contributed by atoms with Crippen LogP contribution in [0.25, 0.3) is 11.4 Å². The second-order valence-electron chi connectivity index (χ2n) is 6.81. The molecule has 2 heterocycles. The van der Waals surface area contributed by atoms with Crippen LogP contribution < -0.4 is 0 Å². The molecule has 0 radical (unpaired) electrons. The Labute approximate surface area is 163 Å². The summed E-state index contributed by atoms with van der Waals surface area (Å²) in [6.07, 6.45) is 2.50. The highest BCUT2D eigenvalue weighted by atomic mass is 35.5. The first-order valence-electron chi connectivity index (χ1n) is 9.23. The Hall–Kier alpha value is -2.21. The number of hydrogen-bond donors (Lipinski definition) is 0. The molecule has 1 atom stereocenters. The van der Waals surface area contributed by atoms with Gasteiger partial charge in [0.15, 0.2) is 0 Å². The Morgan fingerprint density at radius 3 is 2.59 bits per heavy atom. The van der Waals surface area contributed by atoms with E-state index in [1.165, 1.54) is 5.56 Å². The molecule has 5 nitrogen and oxygen atoms in total. The fourth-order valence-corrected chi connectivity index (χ4v) is 3.46. The number of halogens is 1. The minimum Gasteiger partial charge on any atom is -0.377 e. The first-order valence-corrected chi connectivity index (χ1v) is 9.60. The summed E-state index contributed by atoms with van der Waals surface area (Å²) in [5.41, 5.74) is 2.15. The topological polar surface area (TPSA) is 51.4 Å². The monoisotopic (exact) mass is 383 g/mol. The molecule has 0 bridgehead atoms. The molecule has 0 saturated carbocycles. The van der Waals surface area contributed by atoms with E-state index in [0.717, 1.165) is 38.1 Å². The second kappa shape index (κ2) is 8.65. The van der Waals surface area contributed by atoms with Crippen molar-refractivity contribution in [2.24, 2.45) is 0 Å². The number of hydrogen-bond acceptors (Lipinski definition) is 5. The van der Waals surface area contributed by atoms with Crippen molar-refractivity contribution >= 4 is 11.6 Å². The summed E-state index contributed by atoms with van der Waals surface area (Å²) in [7, 11) is 0. The molecular formula is C21H22ClN3O2. The van der Waals surface area contributed by atoms with Crippen molar-refractivity contribution in [1.82, 2.24) is 15.0 Å². The molecule has 1 aromatic heterocycles. The molecule has 4 rings (SSSR count). The summed E-state index contributed by atoms with van der Waals surface area (Å²) < 4.78 is 11.3. The fourth-order valence-electron chi connectivity index (χ4n) is 3.33. The minimum absolute atomic E-state index is 0.271. The molecule has 1 unspecified atom stereocenters. The van der Waals surface area contributed by atoms with E-state index < -0.39 is 0 Å². The maximum atomic E-state index is 5.95. The van der Waals surface area contributed by atoms with Gasteiger partial charge >= 0.3 is 0 Å². The van der Waals surface area contributed by atoms with Crippen molar-refractivity contribution in [2.75, 3.05) is 13.2 Å². The molecule has 6 heteroatoms. The third kappa shape index (κ3) is 4.95. The van der Waals surface area contributed by atoms with Gasteiger partial charge in [-0.05, 0) is 42.7 Å². The highest BCUT2D eigenvalue weighted by Gasteiger charge is 2.21. The Morgan fingerprint density at radius 1 is 1.04 bits per heavy atom. The Bertz CT molecular complexity index is 845. The van der Waals surface area contributed by atoms with Crippen LogP contribution in [0, 0.1) is 0 Å². The normalized spacial score (nSPS) is 16.9. The van der Waals surface area contributed by atoms with E-state index in [1.807, 2.05) is 30.3 Å². The summed E-state index contributed by atoms with van der Waals surface area (Å²) in [6, 6.07) is 17.9. The number of aromatic nitrogens is 2. The Kier molecular flexibility index (Phi) is 5.82. The summed E-state index contributed by atoms with van der Waals surface area (Å²) in [5.74, 6) is 1.19. The Balaban J connectivity index is 1.47. The van der Waals surface area contributed by atoms with Crippen molar-refractivity contribution in [3.05, 3.63) is 71.1 Å². The summed E-state index contributed by atoms with van der Waals surface area (Å²) in [4.78, 5) is 6.87. The lowest BCUT2D eigenvalue weighted by Crippen LogP contribution is -2.31. The van der Waals surface area contributed by atoms with Crippen molar-refractivity contribution in [1.29, 1.82) is 0 Å². The summed E-state index contributed by atoms with van der Waals surface area (Å²) in [5, 5.41) is 4.81. The van der Waals surface area contributed by atoms with Crippen LogP contribution in [0.1, 0.15) is 24.3 Å². The van der Waals surface area contributed by atoms with Gasteiger partial charge in [0.1, 0.15) is 0 Å². The molecule has 3 aromatic rings. The van der Waals surface area contributed by atoms with E-state index in [9.17, 15) is 0 Å². The quantitative estimate of drug-likeness (QED) is 0.598. The van der Waals surface area contributed by atoms with Crippen LogP contribution in [0.15, 0.2) is 59.1 Å². The average Bonchev–Trinajstić information content (AvgIpc) is 3.35. The zero-order chi connectivity index (χ0) is 18.5. The molecule has 1 aliphatic heterocycles.